The molecule has 7 heteroatoms. The van der Waals surface area contributed by atoms with Crippen LogP contribution in [0.1, 0.15) is 30.8 Å². The number of ether oxygens (including phenoxy) is 1. The minimum absolute atomic E-state index is 0.104. The Balaban J connectivity index is 1.84. The lowest BCUT2D eigenvalue weighted by atomic mass is 10.1. The average molecular weight is 323 g/mol. The van der Waals surface area contributed by atoms with E-state index in [1.807, 2.05) is 19.9 Å². The Labute approximate surface area is 132 Å². The van der Waals surface area contributed by atoms with E-state index < -0.39 is 0 Å². The maximum Gasteiger partial charge on any atom is 0.228 e. The third-order valence-electron chi connectivity index (χ3n) is 2.74. The summed E-state index contributed by atoms with van der Waals surface area (Å²) < 4.78 is 18.4. The van der Waals surface area contributed by atoms with Crippen molar-refractivity contribution in [1.29, 1.82) is 0 Å². The molecule has 0 aliphatic carbocycles. The van der Waals surface area contributed by atoms with Crippen LogP contribution >= 0.6 is 11.3 Å². The number of hydrogen-bond acceptors (Lipinski definition) is 5. The van der Waals surface area contributed by atoms with Gasteiger partial charge in [0.2, 0.25) is 11.0 Å². The second kappa shape index (κ2) is 7.95. The first kappa shape index (κ1) is 16.5. The van der Waals surface area contributed by atoms with Crippen LogP contribution in [-0.4, -0.2) is 28.8 Å². The highest BCUT2D eigenvalue weighted by Crippen LogP contribution is 2.19. The minimum atomic E-state index is -0.277. The molecule has 5 nitrogen and oxygen atoms in total. The predicted molar refractivity (Wildman–Crippen MR) is 83.4 cm³/mol. The summed E-state index contributed by atoms with van der Waals surface area (Å²) in [4.78, 5) is 11.7. The van der Waals surface area contributed by atoms with Crippen molar-refractivity contribution < 1.29 is 13.9 Å². The molecule has 0 bridgehead atoms. The van der Waals surface area contributed by atoms with Crippen molar-refractivity contribution in [2.45, 2.75) is 32.8 Å². The van der Waals surface area contributed by atoms with E-state index in [4.69, 9.17) is 4.74 Å². The maximum absolute atomic E-state index is 13.1. The summed E-state index contributed by atoms with van der Waals surface area (Å²) in [6, 6.07) is 6.34. The van der Waals surface area contributed by atoms with Crippen molar-refractivity contribution in [3.05, 3.63) is 40.7 Å². The smallest absolute Gasteiger partial charge is 0.228 e. The summed E-state index contributed by atoms with van der Waals surface area (Å²) in [7, 11) is 0. The van der Waals surface area contributed by atoms with Crippen LogP contribution in [0, 0.1) is 5.82 Å². The zero-order valence-corrected chi connectivity index (χ0v) is 13.3. The number of amides is 1. The first-order valence-corrected chi connectivity index (χ1v) is 7.83. The van der Waals surface area contributed by atoms with E-state index in [1.165, 1.54) is 23.5 Å². The molecule has 0 spiro atoms. The van der Waals surface area contributed by atoms with Gasteiger partial charge in [0.05, 0.1) is 19.1 Å². The largest absolute Gasteiger partial charge is 0.378 e. The number of nitrogens with one attached hydrogen (secondary N) is 1. The molecule has 22 heavy (non-hydrogen) atoms. The van der Waals surface area contributed by atoms with Gasteiger partial charge in [0.1, 0.15) is 10.8 Å². The molecule has 1 amide bonds. The van der Waals surface area contributed by atoms with E-state index in [0.717, 1.165) is 10.6 Å². The topological polar surface area (TPSA) is 64.1 Å². The van der Waals surface area contributed by atoms with Crippen molar-refractivity contribution in [3.8, 4) is 0 Å². The summed E-state index contributed by atoms with van der Waals surface area (Å²) in [5.41, 5.74) is 0.819. The van der Waals surface area contributed by atoms with Crippen molar-refractivity contribution in [3.63, 3.8) is 0 Å². The molecule has 0 radical (unpaired) electrons. The van der Waals surface area contributed by atoms with Crippen molar-refractivity contribution in [2.75, 3.05) is 11.9 Å². The Kier molecular flexibility index (Phi) is 5.97. The maximum atomic E-state index is 13.1. The molecule has 0 unspecified atom stereocenters. The van der Waals surface area contributed by atoms with E-state index in [9.17, 15) is 9.18 Å². The zero-order valence-electron chi connectivity index (χ0n) is 12.5. The molecule has 1 aromatic heterocycles. The lowest BCUT2D eigenvalue weighted by Gasteiger charge is -2.06. The van der Waals surface area contributed by atoms with Crippen LogP contribution in [0.15, 0.2) is 24.3 Å². The molecule has 0 saturated heterocycles. The summed E-state index contributed by atoms with van der Waals surface area (Å²) >= 11 is 1.28. The molecule has 118 valence electrons. The number of carbonyl (C=O) groups is 1. The fraction of sp³-hybridized carbons (Fsp3) is 0.400. The molecule has 0 atom stereocenters. The Morgan fingerprint density at radius 1 is 1.41 bits per heavy atom. The van der Waals surface area contributed by atoms with Crippen LogP contribution in [0.5, 0.6) is 0 Å². The Morgan fingerprint density at radius 2 is 2.23 bits per heavy atom. The molecule has 1 heterocycles. The number of hydrogen-bond donors (Lipinski definition) is 1. The number of rotatable bonds is 7. The molecule has 2 aromatic rings. The summed E-state index contributed by atoms with van der Waals surface area (Å²) in [6.07, 6.45) is 0.867. The van der Waals surface area contributed by atoms with Crippen LogP contribution in [0.2, 0.25) is 0 Å². The minimum Gasteiger partial charge on any atom is -0.378 e. The number of carbonyl (C=O) groups excluding carboxylic acids is 1. The van der Waals surface area contributed by atoms with Crippen LogP contribution in [0.25, 0.3) is 0 Å². The molecular weight excluding hydrogens is 305 g/mol. The molecular formula is C15H18FN3O2S. The standard InChI is InChI=1S/C15H18FN3O2S/c1-10(2)21-7-6-13(20)17-15-19-18-14(22-15)9-11-4-3-5-12(16)8-11/h3-5,8,10H,6-7,9H2,1-2H3,(H,17,19,20). The quantitative estimate of drug-likeness (QED) is 0.850. The molecule has 1 N–H and O–H groups in total. The Morgan fingerprint density at radius 3 is 2.95 bits per heavy atom. The van der Waals surface area contributed by atoms with Crippen LogP contribution in [0.3, 0.4) is 0 Å². The summed E-state index contributed by atoms with van der Waals surface area (Å²) in [5.74, 6) is -0.435. The molecule has 0 aliphatic heterocycles. The number of anilines is 1. The van der Waals surface area contributed by atoms with Gasteiger partial charge in [0.25, 0.3) is 0 Å². The van der Waals surface area contributed by atoms with Gasteiger partial charge in [-0.1, -0.05) is 23.5 Å². The van der Waals surface area contributed by atoms with Crippen LogP contribution in [0.4, 0.5) is 9.52 Å². The average Bonchev–Trinajstić information content (AvgIpc) is 2.85. The first-order chi connectivity index (χ1) is 10.5. The number of aromatic nitrogens is 2. The summed E-state index contributed by atoms with van der Waals surface area (Å²) in [6.45, 7) is 4.21. The normalized spacial score (nSPS) is 10.9. The SMILES string of the molecule is CC(C)OCCC(=O)Nc1nnc(Cc2cccc(F)c2)s1. The molecule has 1 aromatic carbocycles. The Hall–Kier alpha value is -1.86. The Bertz CT molecular complexity index is 631. The second-order valence-electron chi connectivity index (χ2n) is 5.03. The molecule has 0 saturated carbocycles. The van der Waals surface area contributed by atoms with Crippen LogP contribution < -0.4 is 5.32 Å². The predicted octanol–water partition coefficient (Wildman–Crippen LogP) is 3.02. The van der Waals surface area contributed by atoms with Gasteiger partial charge in [-0.2, -0.15) is 0 Å². The summed E-state index contributed by atoms with van der Waals surface area (Å²) in [5, 5.41) is 11.8. The highest BCUT2D eigenvalue weighted by Gasteiger charge is 2.09. The lowest BCUT2D eigenvalue weighted by Crippen LogP contribution is -2.15. The third kappa shape index (κ3) is 5.50. The highest BCUT2D eigenvalue weighted by atomic mass is 32.1. The number of benzene rings is 1. The van der Waals surface area contributed by atoms with E-state index in [1.54, 1.807) is 6.07 Å². The van der Waals surface area contributed by atoms with Gasteiger partial charge in [-0.05, 0) is 31.5 Å². The van der Waals surface area contributed by atoms with E-state index in [0.29, 0.717) is 18.2 Å². The lowest BCUT2D eigenvalue weighted by molar-refractivity contribution is -0.117. The number of halogens is 1. The first-order valence-electron chi connectivity index (χ1n) is 7.01. The highest BCUT2D eigenvalue weighted by molar-refractivity contribution is 7.15. The van der Waals surface area contributed by atoms with Gasteiger partial charge in [-0.15, -0.1) is 10.2 Å². The van der Waals surface area contributed by atoms with Crippen molar-refractivity contribution in [1.82, 2.24) is 10.2 Å². The van der Waals surface area contributed by atoms with Crippen LogP contribution in [-0.2, 0) is 16.0 Å². The fourth-order valence-corrected chi connectivity index (χ4v) is 2.56. The number of nitrogens with zero attached hydrogens (tertiary/aromatic N) is 2. The fourth-order valence-electron chi connectivity index (χ4n) is 1.77. The van der Waals surface area contributed by atoms with Gasteiger partial charge >= 0.3 is 0 Å². The van der Waals surface area contributed by atoms with E-state index in [2.05, 4.69) is 15.5 Å². The van der Waals surface area contributed by atoms with Gasteiger partial charge in [0.15, 0.2) is 0 Å². The van der Waals surface area contributed by atoms with Crippen molar-refractivity contribution >= 4 is 22.4 Å². The molecule has 0 aliphatic rings. The van der Waals surface area contributed by atoms with Gasteiger partial charge in [-0.3, -0.25) is 4.79 Å². The zero-order chi connectivity index (χ0) is 15.9. The third-order valence-corrected chi connectivity index (χ3v) is 3.58. The molecule has 2 rings (SSSR count). The van der Waals surface area contributed by atoms with Gasteiger partial charge in [-0.25, -0.2) is 4.39 Å². The van der Waals surface area contributed by atoms with Gasteiger partial charge < -0.3 is 10.1 Å². The van der Waals surface area contributed by atoms with E-state index >= 15 is 0 Å². The van der Waals surface area contributed by atoms with E-state index in [-0.39, 0.29) is 24.2 Å². The monoisotopic (exact) mass is 323 g/mol. The van der Waals surface area contributed by atoms with Gasteiger partial charge in [0, 0.05) is 6.42 Å². The second-order valence-corrected chi connectivity index (χ2v) is 6.09. The van der Waals surface area contributed by atoms with Crippen molar-refractivity contribution in [2.24, 2.45) is 0 Å². The molecule has 0 fully saturated rings.